The first kappa shape index (κ1) is 14.6. The van der Waals surface area contributed by atoms with Crippen molar-refractivity contribution < 1.29 is 4.79 Å². The molecule has 2 unspecified atom stereocenters. The van der Waals surface area contributed by atoms with Gasteiger partial charge in [0, 0.05) is 23.5 Å². The lowest BCUT2D eigenvalue weighted by Crippen LogP contribution is -2.44. The lowest BCUT2D eigenvalue weighted by Gasteiger charge is -2.35. The van der Waals surface area contributed by atoms with Gasteiger partial charge in [-0.05, 0) is 37.8 Å². The number of carbonyl (C=O) groups is 1. The third-order valence-corrected chi connectivity index (χ3v) is 5.23. The van der Waals surface area contributed by atoms with Crippen molar-refractivity contribution in [2.45, 2.75) is 50.4 Å². The Bertz CT molecular complexity index is 452. The van der Waals surface area contributed by atoms with Crippen LogP contribution in [0.15, 0.2) is 18.2 Å². The number of nitrogens with zero attached hydrogens (tertiary/aromatic N) is 1. The molecule has 1 aliphatic rings. The smallest absolute Gasteiger partial charge is 0.254 e. The zero-order valence-corrected chi connectivity index (χ0v) is 13.5. The third-order valence-electron chi connectivity index (χ3n) is 4.16. The summed E-state index contributed by atoms with van der Waals surface area (Å²) in [5.41, 5.74) is 3.01. The van der Waals surface area contributed by atoms with Gasteiger partial charge in [0.25, 0.3) is 5.91 Å². The predicted molar refractivity (Wildman–Crippen MR) is 83.0 cm³/mol. The van der Waals surface area contributed by atoms with Gasteiger partial charge in [0.15, 0.2) is 0 Å². The van der Waals surface area contributed by atoms with E-state index in [1.807, 2.05) is 44.0 Å². The van der Waals surface area contributed by atoms with Crippen molar-refractivity contribution in [3.8, 4) is 0 Å². The standard InChI is InChI=1S/C16H22BrNO/c1-11-7-6-8-12(2)15(11)16(19)18(3)14-10-5-4-9-13(14)17/h6-8,13-14H,4-5,9-10H2,1-3H3. The van der Waals surface area contributed by atoms with Crippen LogP contribution in [-0.2, 0) is 0 Å². The van der Waals surface area contributed by atoms with Gasteiger partial charge in [0.2, 0.25) is 0 Å². The highest BCUT2D eigenvalue weighted by atomic mass is 79.9. The molecule has 1 amide bonds. The quantitative estimate of drug-likeness (QED) is 0.751. The summed E-state index contributed by atoms with van der Waals surface area (Å²) in [6.45, 7) is 4.03. The predicted octanol–water partition coefficient (Wildman–Crippen LogP) is 4.08. The summed E-state index contributed by atoms with van der Waals surface area (Å²) in [6, 6.07) is 6.36. The summed E-state index contributed by atoms with van der Waals surface area (Å²) >= 11 is 3.74. The molecule has 0 heterocycles. The normalized spacial score (nSPS) is 23.2. The first-order valence-corrected chi connectivity index (χ1v) is 7.91. The summed E-state index contributed by atoms with van der Waals surface area (Å²) in [5.74, 6) is 0.159. The summed E-state index contributed by atoms with van der Waals surface area (Å²) in [4.78, 5) is 15.1. The molecule has 104 valence electrons. The largest absolute Gasteiger partial charge is 0.338 e. The molecule has 0 saturated heterocycles. The van der Waals surface area contributed by atoms with Crippen LogP contribution < -0.4 is 0 Å². The molecule has 0 aliphatic heterocycles. The Kier molecular flexibility index (Phi) is 4.67. The second kappa shape index (κ2) is 6.08. The Morgan fingerprint density at radius 1 is 1.21 bits per heavy atom. The number of hydrogen-bond donors (Lipinski definition) is 0. The SMILES string of the molecule is Cc1cccc(C)c1C(=O)N(C)C1CCCCC1Br. The van der Waals surface area contributed by atoms with E-state index in [1.54, 1.807) is 0 Å². The minimum absolute atomic E-state index is 0.159. The first-order valence-electron chi connectivity index (χ1n) is 7.00. The number of amides is 1. The summed E-state index contributed by atoms with van der Waals surface area (Å²) in [7, 11) is 1.94. The minimum Gasteiger partial charge on any atom is -0.338 e. The summed E-state index contributed by atoms with van der Waals surface area (Å²) in [6.07, 6.45) is 4.74. The van der Waals surface area contributed by atoms with Crippen molar-refractivity contribution in [3.63, 3.8) is 0 Å². The number of aryl methyl sites for hydroxylation is 2. The number of hydrogen-bond acceptors (Lipinski definition) is 1. The van der Waals surface area contributed by atoms with Gasteiger partial charge in [-0.25, -0.2) is 0 Å². The van der Waals surface area contributed by atoms with Crippen molar-refractivity contribution >= 4 is 21.8 Å². The van der Waals surface area contributed by atoms with Crippen LogP contribution in [0, 0.1) is 13.8 Å². The Labute approximate surface area is 124 Å². The summed E-state index contributed by atoms with van der Waals surface area (Å²) in [5, 5.41) is 0. The maximum absolute atomic E-state index is 12.7. The molecule has 2 rings (SSSR count). The maximum atomic E-state index is 12.7. The minimum atomic E-state index is 0.159. The molecule has 1 aromatic carbocycles. The van der Waals surface area contributed by atoms with E-state index in [1.165, 1.54) is 12.8 Å². The maximum Gasteiger partial charge on any atom is 0.254 e. The third kappa shape index (κ3) is 3.02. The van der Waals surface area contributed by atoms with E-state index in [0.717, 1.165) is 29.5 Å². The van der Waals surface area contributed by atoms with E-state index < -0.39 is 0 Å². The molecule has 3 heteroatoms. The molecule has 19 heavy (non-hydrogen) atoms. The lowest BCUT2D eigenvalue weighted by molar-refractivity contribution is 0.0703. The highest BCUT2D eigenvalue weighted by Crippen LogP contribution is 2.29. The van der Waals surface area contributed by atoms with Crippen LogP contribution in [0.1, 0.15) is 47.2 Å². The highest BCUT2D eigenvalue weighted by molar-refractivity contribution is 9.09. The molecule has 1 aliphatic carbocycles. The molecule has 0 spiro atoms. The molecule has 1 aromatic rings. The molecule has 0 aromatic heterocycles. The van der Waals surface area contributed by atoms with Gasteiger partial charge in [-0.3, -0.25) is 4.79 Å². The number of halogens is 1. The van der Waals surface area contributed by atoms with Crippen molar-refractivity contribution in [2.75, 3.05) is 7.05 Å². The molecule has 0 N–H and O–H groups in total. The Morgan fingerprint density at radius 3 is 2.37 bits per heavy atom. The van der Waals surface area contributed by atoms with Crippen molar-refractivity contribution in [1.82, 2.24) is 4.90 Å². The van der Waals surface area contributed by atoms with Gasteiger partial charge in [0.1, 0.15) is 0 Å². The van der Waals surface area contributed by atoms with Gasteiger partial charge in [-0.1, -0.05) is 47.0 Å². The lowest BCUT2D eigenvalue weighted by atomic mass is 9.93. The molecular formula is C16H22BrNO. The molecule has 2 atom stereocenters. The Hall–Kier alpha value is -0.830. The fraction of sp³-hybridized carbons (Fsp3) is 0.562. The molecule has 0 bridgehead atoms. The van der Waals surface area contributed by atoms with Gasteiger partial charge >= 0.3 is 0 Å². The zero-order valence-electron chi connectivity index (χ0n) is 11.9. The fourth-order valence-electron chi connectivity index (χ4n) is 2.98. The van der Waals surface area contributed by atoms with Crippen LogP contribution in [0.4, 0.5) is 0 Å². The van der Waals surface area contributed by atoms with Crippen LogP contribution >= 0.6 is 15.9 Å². The number of carbonyl (C=O) groups excluding carboxylic acids is 1. The van der Waals surface area contributed by atoms with E-state index in [4.69, 9.17) is 0 Å². The van der Waals surface area contributed by atoms with Crippen LogP contribution in [0.2, 0.25) is 0 Å². The number of alkyl halides is 1. The van der Waals surface area contributed by atoms with Crippen molar-refractivity contribution in [2.24, 2.45) is 0 Å². The Morgan fingerprint density at radius 2 is 1.79 bits per heavy atom. The zero-order chi connectivity index (χ0) is 14.0. The van der Waals surface area contributed by atoms with Crippen LogP contribution in [0.5, 0.6) is 0 Å². The Balaban J connectivity index is 2.23. The van der Waals surface area contributed by atoms with Crippen LogP contribution in [0.3, 0.4) is 0 Å². The summed E-state index contributed by atoms with van der Waals surface area (Å²) < 4.78 is 0. The van der Waals surface area contributed by atoms with Crippen molar-refractivity contribution in [1.29, 1.82) is 0 Å². The van der Waals surface area contributed by atoms with Crippen molar-refractivity contribution in [3.05, 3.63) is 34.9 Å². The molecule has 1 fully saturated rings. The van der Waals surface area contributed by atoms with E-state index >= 15 is 0 Å². The topological polar surface area (TPSA) is 20.3 Å². The van der Waals surface area contributed by atoms with E-state index in [0.29, 0.717) is 10.9 Å². The molecule has 1 saturated carbocycles. The van der Waals surface area contributed by atoms with Gasteiger partial charge < -0.3 is 4.90 Å². The molecular weight excluding hydrogens is 302 g/mol. The number of rotatable bonds is 2. The fourth-order valence-corrected chi connectivity index (χ4v) is 3.92. The number of benzene rings is 1. The highest BCUT2D eigenvalue weighted by Gasteiger charge is 2.30. The van der Waals surface area contributed by atoms with Crippen LogP contribution in [0.25, 0.3) is 0 Å². The van der Waals surface area contributed by atoms with E-state index in [-0.39, 0.29) is 5.91 Å². The average Bonchev–Trinajstić information content (AvgIpc) is 2.38. The monoisotopic (exact) mass is 323 g/mol. The van der Waals surface area contributed by atoms with Gasteiger partial charge in [-0.2, -0.15) is 0 Å². The second-order valence-electron chi connectivity index (χ2n) is 5.55. The first-order chi connectivity index (χ1) is 9.02. The second-order valence-corrected chi connectivity index (χ2v) is 6.73. The van der Waals surface area contributed by atoms with Crippen LogP contribution in [-0.4, -0.2) is 28.7 Å². The average molecular weight is 324 g/mol. The van der Waals surface area contributed by atoms with E-state index in [2.05, 4.69) is 15.9 Å². The molecule has 2 nitrogen and oxygen atoms in total. The van der Waals surface area contributed by atoms with Gasteiger partial charge in [-0.15, -0.1) is 0 Å². The molecule has 0 radical (unpaired) electrons. The van der Waals surface area contributed by atoms with Gasteiger partial charge in [0.05, 0.1) is 0 Å². The van der Waals surface area contributed by atoms with E-state index in [9.17, 15) is 4.79 Å².